The molecule has 14 rings (SSSR count). The molecule has 0 heteroatoms. The van der Waals surface area contributed by atoms with Crippen LogP contribution in [0, 0.1) is 0 Å². The van der Waals surface area contributed by atoms with Crippen LogP contribution in [-0.4, -0.2) is 0 Å². The Kier molecular flexibility index (Phi) is 6.70. The normalized spacial score (nSPS) is 13.9. The van der Waals surface area contributed by atoms with Crippen molar-refractivity contribution in [2.24, 2.45) is 0 Å². The molecule has 0 spiro atoms. The van der Waals surface area contributed by atoms with E-state index in [9.17, 15) is 5.48 Å². The van der Waals surface area contributed by atoms with Gasteiger partial charge in [0, 0.05) is 0 Å². The summed E-state index contributed by atoms with van der Waals surface area (Å²) in [6.45, 7) is 0. The van der Waals surface area contributed by atoms with E-state index in [4.69, 9.17) is 8.22 Å². The quantitative estimate of drug-likeness (QED) is 0.146. The van der Waals surface area contributed by atoms with Crippen molar-refractivity contribution in [2.75, 3.05) is 0 Å². The molecule has 0 N–H and O–H groups in total. The Labute approximate surface area is 409 Å². The SMILES string of the molecule is [2H]c1c([2H])c([2H])c(-c2cc(-c3cccc(-c4cc5ccccc5c5ccccc45)c3)c3ccc4c(-c5c([2H])c([2H])c([2H])c([2H])c5[2H])cc(-c5cccc(-c6cc7ccccc7c7ccccc67)c5)c5ccc2c3c54)c([2H])c1[2H]. The van der Waals surface area contributed by atoms with Gasteiger partial charge in [0.25, 0.3) is 0 Å². The molecule has 0 fully saturated rings. The Morgan fingerprint density at radius 1 is 0.206 bits per heavy atom. The monoisotopic (exact) mass is 868 g/mol. The molecule has 0 saturated heterocycles. The third-order valence-electron chi connectivity index (χ3n) is 13.9. The van der Waals surface area contributed by atoms with E-state index in [2.05, 4.69) is 109 Å². The van der Waals surface area contributed by atoms with Gasteiger partial charge in [0.15, 0.2) is 0 Å². The molecule has 0 nitrogen and oxygen atoms in total. The molecule has 0 bridgehead atoms. The van der Waals surface area contributed by atoms with E-state index in [1.807, 2.05) is 84.9 Å². The molecule has 14 aromatic rings. The number of fused-ring (bicyclic) bond motifs is 6. The lowest BCUT2D eigenvalue weighted by Gasteiger charge is -2.22. The highest BCUT2D eigenvalue weighted by molar-refractivity contribution is 6.32. The van der Waals surface area contributed by atoms with E-state index in [1.165, 1.54) is 0 Å². The largest absolute Gasteiger partial charge is 0.0629 e. The van der Waals surface area contributed by atoms with Crippen LogP contribution in [0.2, 0.25) is 0 Å². The van der Waals surface area contributed by atoms with Gasteiger partial charge in [-0.2, -0.15) is 0 Å². The lowest BCUT2D eigenvalue weighted by molar-refractivity contribution is 1.61. The average Bonchev–Trinajstić information content (AvgIpc) is 3.59. The predicted molar refractivity (Wildman–Crippen MR) is 293 cm³/mol. The van der Waals surface area contributed by atoms with Gasteiger partial charge in [0.2, 0.25) is 0 Å². The third-order valence-corrected chi connectivity index (χ3v) is 13.9. The van der Waals surface area contributed by atoms with Crippen molar-refractivity contribution in [3.63, 3.8) is 0 Å². The van der Waals surface area contributed by atoms with Gasteiger partial charge in [-0.3, -0.25) is 0 Å². The lowest BCUT2D eigenvalue weighted by atomic mass is 9.81. The van der Waals surface area contributed by atoms with Crippen LogP contribution in [0.4, 0.5) is 0 Å². The van der Waals surface area contributed by atoms with Crippen molar-refractivity contribution in [3.05, 3.63) is 255 Å². The maximum atomic E-state index is 9.39. The summed E-state index contributed by atoms with van der Waals surface area (Å²) in [5.74, 6) is 0. The van der Waals surface area contributed by atoms with Crippen LogP contribution < -0.4 is 0 Å². The molecule has 0 aliphatic carbocycles. The number of hydrogen-bond donors (Lipinski definition) is 0. The molecule has 0 aromatic heterocycles. The predicted octanol–water partition coefficient (Wildman–Crippen LogP) is 19.2. The second kappa shape index (κ2) is 15.4. The Morgan fingerprint density at radius 3 is 0.897 bits per heavy atom. The van der Waals surface area contributed by atoms with Crippen molar-refractivity contribution in [1.82, 2.24) is 0 Å². The molecule has 314 valence electrons. The summed E-state index contributed by atoms with van der Waals surface area (Å²) in [5, 5.41) is 13.3. The minimum Gasteiger partial charge on any atom is -0.0622 e. The van der Waals surface area contributed by atoms with Gasteiger partial charge in [-0.1, -0.05) is 218 Å². The van der Waals surface area contributed by atoms with Crippen LogP contribution in [0.25, 0.3) is 142 Å². The van der Waals surface area contributed by atoms with Crippen LogP contribution in [0.5, 0.6) is 0 Å². The molecule has 0 amide bonds. The van der Waals surface area contributed by atoms with Crippen LogP contribution in [0.15, 0.2) is 255 Å². The van der Waals surface area contributed by atoms with Gasteiger partial charge >= 0.3 is 0 Å². The second-order valence-electron chi connectivity index (χ2n) is 17.6. The molecule has 0 unspecified atom stereocenters. The van der Waals surface area contributed by atoms with Gasteiger partial charge in [0.05, 0.1) is 13.7 Å². The van der Waals surface area contributed by atoms with Crippen LogP contribution in [-0.2, 0) is 0 Å². The van der Waals surface area contributed by atoms with E-state index < -0.39 is 36.3 Å². The highest BCUT2D eigenvalue weighted by atomic mass is 14.2. The first-order valence-electron chi connectivity index (χ1n) is 27.8. The van der Waals surface area contributed by atoms with Crippen molar-refractivity contribution in [3.8, 4) is 66.8 Å². The summed E-state index contributed by atoms with van der Waals surface area (Å²) in [4.78, 5) is 0. The summed E-state index contributed by atoms with van der Waals surface area (Å²) in [5.41, 5.74) is 8.17. The van der Waals surface area contributed by atoms with E-state index in [0.29, 0.717) is 21.9 Å². The minimum absolute atomic E-state index is 0.0539. The molecule has 68 heavy (non-hydrogen) atoms. The maximum absolute atomic E-state index is 9.39. The van der Waals surface area contributed by atoms with Crippen molar-refractivity contribution < 1.29 is 13.7 Å². The van der Waals surface area contributed by atoms with E-state index in [-0.39, 0.29) is 35.3 Å². The Morgan fingerprint density at radius 2 is 0.515 bits per heavy atom. The van der Waals surface area contributed by atoms with Gasteiger partial charge in [-0.25, -0.2) is 0 Å². The summed E-state index contributed by atoms with van der Waals surface area (Å²) in [6.07, 6.45) is 0. The summed E-state index contributed by atoms with van der Waals surface area (Å²) in [6, 6.07) is 62.3. The minimum atomic E-state index is -0.492. The fourth-order valence-electron chi connectivity index (χ4n) is 10.9. The molecule has 14 aromatic carbocycles. The Hall–Kier alpha value is -8.84. The average molecular weight is 869 g/mol. The third kappa shape index (κ3) is 6.01. The highest BCUT2D eigenvalue weighted by Gasteiger charge is 2.22. The van der Waals surface area contributed by atoms with Crippen LogP contribution >= 0.6 is 0 Å². The Balaban J connectivity index is 1.11. The van der Waals surface area contributed by atoms with E-state index in [0.717, 1.165) is 109 Å². The highest BCUT2D eigenvalue weighted by Crippen LogP contribution is 2.49. The van der Waals surface area contributed by atoms with Crippen LogP contribution in [0.1, 0.15) is 13.7 Å². The summed E-state index contributed by atoms with van der Waals surface area (Å²) >= 11 is 0. The molecule has 0 radical (unpaired) electrons. The summed E-state index contributed by atoms with van der Waals surface area (Å²) < 4.78 is 90.2. The summed E-state index contributed by atoms with van der Waals surface area (Å²) in [7, 11) is 0. The number of hydrogen-bond acceptors (Lipinski definition) is 0. The Bertz CT molecular complexity index is 4560. The van der Waals surface area contributed by atoms with Crippen molar-refractivity contribution in [1.29, 1.82) is 0 Å². The molecule has 0 saturated carbocycles. The fourth-order valence-corrected chi connectivity index (χ4v) is 10.9. The van der Waals surface area contributed by atoms with Gasteiger partial charge in [-0.05, 0) is 179 Å². The standard InChI is InChI=1S/C68H42/c1-3-17-43(18-4-1)63-41-65(47-25-15-23-45(37-47)61-39-49-21-7-9-27-51(49)53-29-11-13-31-55(53)61)59-36-34-58-64(44-19-5-2-6-20-44)42-66(60-35-33-57(63)67(59)68(58)60)48-26-16-24-46(38-48)62-40-50-22-8-10-28-52(50)54-30-12-14-32-56(54)62/h1-42H/i1D,2D,3D,4D,5D,6D,17D,18D,19D,20D. The molecule has 0 heterocycles. The first-order valence-corrected chi connectivity index (χ1v) is 22.8. The van der Waals surface area contributed by atoms with Crippen molar-refractivity contribution in [2.45, 2.75) is 0 Å². The zero-order chi connectivity index (χ0) is 53.4. The topological polar surface area (TPSA) is 0 Å². The molecular weight excluding hydrogens is 817 g/mol. The second-order valence-corrected chi connectivity index (χ2v) is 17.6. The zero-order valence-corrected chi connectivity index (χ0v) is 36.5. The number of benzene rings is 14. The first-order chi connectivity index (χ1) is 37.9. The fraction of sp³-hybridized carbons (Fsp3) is 0. The molecular formula is C68H42. The van der Waals surface area contributed by atoms with Crippen molar-refractivity contribution >= 4 is 75.4 Å². The molecule has 0 aliphatic heterocycles. The lowest BCUT2D eigenvalue weighted by Crippen LogP contribution is -1.94. The van der Waals surface area contributed by atoms with Gasteiger partial charge in [0.1, 0.15) is 0 Å². The van der Waals surface area contributed by atoms with E-state index in [1.54, 1.807) is 0 Å². The molecule has 0 atom stereocenters. The van der Waals surface area contributed by atoms with Crippen LogP contribution in [0.3, 0.4) is 0 Å². The number of rotatable bonds is 6. The maximum Gasteiger partial charge on any atom is 0.0629 e. The van der Waals surface area contributed by atoms with Gasteiger partial charge < -0.3 is 0 Å². The first kappa shape index (κ1) is 29.6. The van der Waals surface area contributed by atoms with Gasteiger partial charge in [-0.15, -0.1) is 0 Å². The smallest absolute Gasteiger partial charge is 0.0622 e. The van der Waals surface area contributed by atoms with E-state index >= 15 is 0 Å². The molecule has 0 aliphatic rings. The zero-order valence-electron chi connectivity index (χ0n) is 46.5.